The van der Waals surface area contributed by atoms with Crippen LogP contribution in [0.2, 0.25) is 0 Å². The number of aliphatic hydroxyl groups is 1. The highest BCUT2D eigenvalue weighted by atomic mass is 16.3. The van der Waals surface area contributed by atoms with Crippen molar-refractivity contribution in [2.24, 2.45) is 5.92 Å². The predicted octanol–water partition coefficient (Wildman–Crippen LogP) is 1.42. The molecule has 0 aliphatic heterocycles. The lowest BCUT2D eigenvalue weighted by Gasteiger charge is -2.10. The van der Waals surface area contributed by atoms with Gasteiger partial charge in [0.15, 0.2) is 0 Å². The molecule has 52 valence electrons. The lowest BCUT2D eigenvalue weighted by atomic mass is 10.0. The van der Waals surface area contributed by atoms with Crippen LogP contribution in [0.3, 0.4) is 0 Å². The minimum absolute atomic E-state index is 0.250. The average molecular weight is 126 g/mol. The Bertz CT molecular complexity index is 102. The van der Waals surface area contributed by atoms with Crippen LogP contribution in [0.15, 0.2) is 0 Å². The monoisotopic (exact) mass is 126 g/mol. The third-order valence-electron chi connectivity index (χ3n) is 1.45. The maximum atomic E-state index is 9.02. The van der Waals surface area contributed by atoms with Gasteiger partial charge in [-0.05, 0) is 12.3 Å². The topological polar surface area (TPSA) is 20.2 Å². The van der Waals surface area contributed by atoms with Gasteiger partial charge in [0.2, 0.25) is 0 Å². The number of hydrogen-bond acceptors (Lipinski definition) is 1. The fraction of sp³-hybridized carbons (Fsp3) is 0.750. The molecule has 0 saturated carbocycles. The largest absolute Gasteiger partial charge is 0.380 e. The third-order valence-corrected chi connectivity index (χ3v) is 1.45. The van der Waals surface area contributed by atoms with Crippen LogP contribution in [0.1, 0.15) is 26.7 Å². The van der Waals surface area contributed by atoms with Gasteiger partial charge in [-0.15, -0.1) is 6.42 Å². The fourth-order valence-electron chi connectivity index (χ4n) is 0.777. The van der Waals surface area contributed by atoms with Gasteiger partial charge >= 0.3 is 0 Å². The molecule has 0 rings (SSSR count). The van der Waals surface area contributed by atoms with E-state index in [1.165, 1.54) is 0 Å². The first-order valence-corrected chi connectivity index (χ1v) is 3.36. The van der Waals surface area contributed by atoms with Crippen LogP contribution >= 0.6 is 0 Å². The lowest BCUT2D eigenvalue weighted by Crippen LogP contribution is -2.14. The second-order valence-electron chi connectivity index (χ2n) is 2.38. The Hall–Kier alpha value is -0.480. The molecule has 0 heterocycles. The van der Waals surface area contributed by atoms with Crippen molar-refractivity contribution in [3.8, 4) is 12.3 Å². The Balaban J connectivity index is 3.48. The molecule has 0 unspecified atom stereocenters. The molecular formula is C8H14O. The molecule has 0 aliphatic carbocycles. The van der Waals surface area contributed by atoms with Crippen molar-refractivity contribution in [3.63, 3.8) is 0 Å². The first-order chi connectivity index (χ1) is 4.22. The number of hydrogen-bond donors (Lipinski definition) is 1. The molecular weight excluding hydrogens is 112 g/mol. The summed E-state index contributed by atoms with van der Waals surface area (Å²) in [6.07, 6.45) is 6.54. The smallest absolute Gasteiger partial charge is 0.117 e. The molecule has 0 aromatic carbocycles. The summed E-state index contributed by atoms with van der Waals surface area (Å²) in [6, 6.07) is 0. The molecule has 0 radical (unpaired) electrons. The van der Waals surface area contributed by atoms with Crippen molar-refractivity contribution in [1.82, 2.24) is 0 Å². The highest BCUT2D eigenvalue weighted by Gasteiger charge is 2.08. The van der Waals surface area contributed by atoms with Crippen LogP contribution in [-0.2, 0) is 0 Å². The average Bonchev–Trinajstić information content (AvgIpc) is 1.87. The van der Waals surface area contributed by atoms with Crippen LogP contribution in [0, 0.1) is 18.3 Å². The third kappa shape index (κ3) is 3.16. The van der Waals surface area contributed by atoms with E-state index in [9.17, 15) is 0 Å². The Morgan fingerprint density at radius 3 is 2.56 bits per heavy atom. The molecule has 0 aliphatic rings. The minimum Gasteiger partial charge on any atom is -0.380 e. The van der Waals surface area contributed by atoms with E-state index in [1.807, 2.05) is 6.92 Å². The van der Waals surface area contributed by atoms with Gasteiger partial charge in [0.25, 0.3) is 0 Å². The summed E-state index contributed by atoms with van der Waals surface area (Å²) in [6.45, 7) is 4.05. The van der Waals surface area contributed by atoms with E-state index >= 15 is 0 Å². The molecule has 1 heteroatoms. The maximum absolute atomic E-state index is 9.02. The van der Waals surface area contributed by atoms with E-state index in [4.69, 9.17) is 11.5 Å². The van der Waals surface area contributed by atoms with Gasteiger partial charge in [0.05, 0.1) is 0 Å². The summed E-state index contributed by atoms with van der Waals surface area (Å²) in [5.41, 5.74) is 0. The maximum Gasteiger partial charge on any atom is 0.117 e. The molecule has 0 saturated heterocycles. The molecule has 1 N–H and O–H groups in total. The number of terminal acetylenes is 1. The van der Waals surface area contributed by atoms with E-state index < -0.39 is 6.10 Å². The summed E-state index contributed by atoms with van der Waals surface area (Å²) in [7, 11) is 0. The molecule has 0 spiro atoms. The lowest BCUT2D eigenvalue weighted by molar-refractivity contribution is 0.165. The second-order valence-corrected chi connectivity index (χ2v) is 2.38. The van der Waals surface area contributed by atoms with Crippen molar-refractivity contribution in [3.05, 3.63) is 0 Å². The van der Waals surface area contributed by atoms with Gasteiger partial charge in [-0.25, -0.2) is 0 Å². The molecule has 0 amide bonds. The molecule has 9 heavy (non-hydrogen) atoms. The van der Waals surface area contributed by atoms with E-state index in [0.717, 1.165) is 12.8 Å². The summed E-state index contributed by atoms with van der Waals surface area (Å²) in [5.74, 6) is 2.56. The molecule has 0 bridgehead atoms. The predicted molar refractivity (Wildman–Crippen MR) is 38.9 cm³/mol. The van der Waals surface area contributed by atoms with E-state index in [0.29, 0.717) is 0 Å². The Kier molecular flexibility index (Phi) is 4.17. The van der Waals surface area contributed by atoms with E-state index in [1.54, 1.807) is 0 Å². The molecule has 0 fully saturated rings. The van der Waals surface area contributed by atoms with Crippen LogP contribution < -0.4 is 0 Å². The van der Waals surface area contributed by atoms with Gasteiger partial charge in [0, 0.05) is 0 Å². The molecule has 0 aromatic heterocycles. The molecule has 1 nitrogen and oxygen atoms in total. The van der Waals surface area contributed by atoms with Crippen molar-refractivity contribution >= 4 is 0 Å². The van der Waals surface area contributed by atoms with Gasteiger partial charge in [-0.1, -0.05) is 26.2 Å². The van der Waals surface area contributed by atoms with Crippen LogP contribution in [0.4, 0.5) is 0 Å². The standard InChI is InChI=1S/C8H14O/c1-4-6-7(3)8(9)5-2/h2,7-9H,4,6H2,1,3H3/t7-,8-/m1/s1. The van der Waals surface area contributed by atoms with Gasteiger partial charge < -0.3 is 5.11 Å². The highest BCUT2D eigenvalue weighted by molar-refractivity contribution is 4.95. The fourth-order valence-corrected chi connectivity index (χ4v) is 0.777. The van der Waals surface area contributed by atoms with Gasteiger partial charge in [-0.3, -0.25) is 0 Å². The van der Waals surface area contributed by atoms with Crippen molar-refractivity contribution in [2.45, 2.75) is 32.8 Å². The van der Waals surface area contributed by atoms with Crippen molar-refractivity contribution in [1.29, 1.82) is 0 Å². The summed E-state index contributed by atoms with van der Waals surface area (Å²) in [5, 5.41) is 9.02. The highest BCUT2D eigenvalue weighted by Crippen LogP contribution is 2.08. The second kappa shape index (κ2) is 4.40. The van der Waals surface area contributed by atoms with E-state index in [2.05, 4.69) is 12.8 Å². The van der Waals surface area contributed by atoms with Crippen molar-refractivity contribution < 1.29 is 5.11 Å². The Labute approximate surface area is 57.1 Å². The van der Waals surface area contributed by atoms with Gasteiger partial charge in [0.1, 0.15) is 6.10 Å². The van der Waals surface area contributed by atoms with Crippen LogP contribution in [0.25, 0.3) is 0 Å². The number of rotatable bonds is 3. The number of aliphatic hydroxyl groups excluding tert-OH is 1. The zero-order valence-electron chi connectivity index (χ0n) is 6.09. The van der Waals surface area contributed by atoms with Crippen LogP contribution in [0.5, 0.6) is 0 Å². The van der Waals surface area contributed by atoms with Crippen LogP contribution in [-0.4, -0.2) is 11.2 Å². The first-order valence-electron chi connectivity index (χ1n) is 3.36. The Morgan fingerprint density at radius 1 is 1.67 bits per heavy atom. The summed E-state index contributed by atoms with van der Waals surface area (Å²) >= 11 is 0. The SMILES string of the molecule is C#C[C@@H](O)[C@H](C)CCC. The first kappa shape index (κ1) is 8.52. The molecule has 2 atom stereocenters. The van der Waals surface area contributed by atoms with Crippen molar-refractivity contribution in [2.75, 3.05) is 0 Å². The zero-order chi connectivity index (χ0) is 7.28. The van der Waals surface area contributed by atoms with E-state index in [-0.39, 0.29) is 5.92 Å². The zero-order valence-corrected chi connectivity index (χ0v) is 6.09. The van der Waals surface area contributed by atoms with Gasteiger partial charge in [-0.2, -0.15) is 0 Å². The summed E-state index contributed by atoms with van der Waals surface area (Å²) < 4.78 is 0. The minimum atomic E-state index is -0.551. The summed E-state index contributed by atoms with van der Waals surface area (Å²) in [4.78, 5) is 0. The molecule has 0 aromatic rings. The Morgan fingerprint density at radius 2 is 2.22 bits per heavy atom. The quantitative estimate of drug-likeness (QED) is 0.567. The normalized spacial score (nSPS) is 16.2.